The molecule has 1 unspecified atom stereocenters. The van der Waals surface area contributed by atoms with E-state index in [4.69, 9.17) is 5.90 Å². The van der Waals surface area contributed by atoms with Gasteiger partial charge in [-0.15, -0.1) is 0 Å². The van der Waals surface area contributed by atoms with Gasteiger partial charge in [0, 0.05) is 12.1 Å². The van der Waals surface area contributed by atoms with Gasteiger partial charge in [0.05, 0.1) is 5.69 Å². The smallest absolute Gasteiger partial charge is 0.122 e. The van der Waals surface area contributed by atoms with Crippen LogP contribution in [0.1, 0.15) is 18.7 Å². The molecule has 3 heteroatoms. The van der Waals surface area contributed by atoms with Crippen LogP contribution in [0.25, 0.3) is 0 Å². The van der Waals surface area contributed by atoms with Crippen molar-refractivity contribution >= 4 is 0 Å². The van der Waals surface area contributed by atoms with Crippen molar-refractivity contribution in [1.29, 1.82) is 0 Å². The average molecular weight is 136 g/mol. The van der Waals surface area contributed by atoms with Crippen molar-refractivity contribution in [2.24, 2.45) is 0 Å². The van der Waals surface area contributed by atoms with E-state index < -0.39 is 0 Å². The fraction of sp³-hybridized carbons (Fsp3) is 0.286. The molecule has 1 heterocycles. The first-order chi connectivity index (χ1) is 4.84. The van der Waals surface area contributed by atoms with Crippen LogP contribution >= 0.6 is 0 Å². The van der Waals surface area contributed by atoms with Gasteiger partial charge >= 0.3 is 0 Å². The highest BCUT2D eigenvalue weighted by molar-refractivity contribution is 5.05. The summed E-state index contributed by atoms with van der Waals surface area (Å²) in [6.07, 6.45) is 1.31. The van der Waals surface area contributed by atoms with Gasteiger partial charge in [-0.2, -0.15) is 0 Å². The van der Waals surface area contributed by atoms with E-state index in [1.807, 2.05) is 12.1 Å². The summed E-state index contributed by atoms with van der Waals surface area (Å²) in [7, 11) is 0. The van der Waals surface area contributed by atoms with Gasteiger partial charge in [0.2, 0.25) is 0 Å². The van der Waals surface area contributed by atoms with E-state index in [1.54, 1.807) is 19.2 Å². The number of aromatic nitrogens is 1. The average Bonchev–Trinajstić information content (AvgIpc) is 2.05. The first kappa shape index (κ1) is 7.18. The Hall–Kier alpha value is -0.930. The third-order valence-electron chi connectivity index (χ3n) is 1.26. The van der Waals surface area contributed by atoms with Crippen LogP contribution in [0.4, 0.5) is 0 Å². The van der Waals surface area contributed by atoms with Crippen LogP contribution < -0.4 is 5.90 Å². The Balaban J connectivity index is 2.75. The summed E-state index contributed by atoms with van der Waals surface area (Å²) in [5.41, 5.74) is 0.727. The lowest BCUT2D eigenvalue weighted by Crippen LogP contribution is -1.99. The molecule has 0 aromatic carbocycles. The Labute approximate surface area is 59.8 Å². The molecule has 10 heavy (non-hydrogen) atoms. The molecule has 0 bridgehead atoms. The SMILES string of the molecule is CC(O[N])c1ccccn1. The zero-order valence-corrected chi connectivity index (χ0v) is 5.69. The highest BCUT2D eigenvalue weighted by atomic mass is 16.6. The normalized spacial score (nSPS) is 13.0. The monoisotopic (exact) mass is 136 g/mol. The molecular weight excluding hydrogens is 128 g/mol. The second kappa shape index (κ2) is 3.29. The summed E-state index contributed by atoms with van der Waals surface area (Å²) in [5.74, 6) is 8.25. The van der Waals surface area contributed by atoms with Gasteiger partial charge in [0.1, 0.15) is 6.10 Å². The van der Waals surface area contributed by atoms with Crippen LogP contribution in [0.3, 0.4) is 0 Å². The Morgan fingerprint density at radius 1 is 1.60 bits per heavy atom. The maximum Gasteiger partial charge on any atom is 0.122 e. The standard InChI is InChI=1S/C7H8N2O/c1-6(10-8)7-4-2-3-5-9-7/h2-6H,1H3. The molecular formula is C7H8N2O. The van der Waals surface area contributed by atoms with Crippen molar-refractivity contribution < 1.29 is 4.84 Å². The predicted molar refractivity (Wildman–Crippen MR) is 35.9 cm³/mol. The minimum atomic E-state index is -0.346. The molecule has 0 saturated carbocycles. The number of rotatable bonds is 2. The molecule has 0 N–H and O–H groups in total. The molecule has 0 saturated heterocycles. The van der Waals surface area contributed by atoms with E-state index in [1.165, 1.54) is 0 Å². The van der Waals surface area contributed by atoms with Crippen molar-refractivity contribution in [3.63, 3.8) is 0 Å². The molecule has 0 aliphatic carbocycles. The Kier molecular flexibility index (Phi) is 2.36. The molecule has 0 fully saturated rings. The molecule has 1 rings (SSSR count). The van der Waals surface area contributed by atoms with Gasteiger partial charge in [0.25, 0.3) is 0 Å². The third-order valence-corrected chi connectivity index (χ3v) is 1.26. The first-order valence-electron chi connectivity index (χ1n) is 3.05. The predicted octanol–water partition coefficient (Wildman–Crippen LogP) is 1.14. The largest absolute Gasteiger partial charge is 0.258 e. The lowest BCUT2D eigenvalue weighted by atomic mass is 10.2. The number of hydrogen-bond donors (Lipinski definition) is 0. The van der Waals surface area contributed by atoms with Crippen molar-refractivity contribution in [3.8, 4) is 0 Å². The van der Waals surface area contributed by atoms with E-state index in [9.17, 15) is 0 Å². The molecule has 1 atom stereocenters. The quantitative estimate of drug-likeness (QED) is 0.572. The van der Waals surface area contributed by atoms with Gasteiger partial charge in [-0.05, 0) is 19.1 Å². The summed E-state index contributed by atoms with van der Waals surface area (Å²) in [4.78, 5) is 8.04. The summed E-state index contributed by atoms with van der Waals surface area (Å²) in [5, 5.41) is 0. The highest BCUT2D eigenvalue weighted by Gasteiger charge is 2.03. The van der Waals surface area contributed by atoms with Crippen molar-refractivity contribution in [2.45, 2.75) is 13.0 Å². The van der Waals surface area contributed by atoms with Gasteiger partial charge in [-0.3, -0.25) is 9.82 Å². The zero-order valence-electron chi connectivity index (χ0n) is 5.69. The molecule has 1 aromatic rings. The van der Waals surface area contributed by atoms with E-state index >= 15 is 0 Å². The van der Waals surface area contributed by atoms with Crippen molar-refractivity contribution in [2.75, 3.05) is 0 Å². The van der Waals surface area contributed by atoms with Crippen LogP contribution in [-0.4, -0.2) is 4.98 Å². The molecule has 3 nitrogen and oxygen atoms in total. The fourth-order valence-corrected chi connectivity index (χ4v) is 0.670. The summed E-state index contributed by atoms with van der Waals surface area (Å²) in [6, 6.07) is 5.45. The third kappa shape index (κ3) is 1.52. The van der Waals surface area contributed by atoms with Crippen LogP contribution in [0.15, 0.2) is 24.4 Å². The number of nitrogens with zero attached hydrogens (tertiary/aromatic N) is 2. The molecule has 1 aromatic heterocycles. The van der Waals surface area contributed by atoms with Gasteiger partial charge in [-0.25, -0.2) is 0 Å². The molecule has 0 amide bonds. The van der Waals surface area contributed by atoms with Gasteiger partial charge in [0.15, 0.2) is 0 Å². The number of hydrogen-bond acceptors (Lipinski definition) is 2. The van der Waals surface area contributed by atoms with E-state index in [0.717, 1.165) is 5.69 Å². The lowest BCUT2D eigenvalue weighted by Gasteiger charge is -2.03. The van der Waals surface area contributed by atoms with Gasteiger partial charge < -0.3 is 0 Å². The Bertz CT molecular complexity index is 188. The molecule has 2 radical (unpaired) electrons. The molecule has 52 valence electrons. The minimum absolute atomic E-state index is 0.346. The Morgan fingerprint density at radius 2 is 2.40 bits per heavy atom. The molecule has 0 spiro atoms. The summed E-state index contributed by atoms with van der Waals surface area (Å²) in [6.45, 7) is 1.72. The van der Waals surface area contributed by atoms with Crippen molar-refractivity contribution in [3.05, 3.63) is 30.1 Å². The first-order valence-corrected chi connectivity index (χ1v) is 3.05. The van der Waals surface area contributed by atoms with E-state index in [0.29, 0.717) is 0 Å². The van der Waals surface area contributed by atoms with Crippen LogP contribution in [0.5, 0.6) is 0 Å². The Morgan fingerprint density at radius 3 is 2.90 bits per heavy atom. The topological polar surface area (TPSA) is 44.4 Å². The second-order valence-electron chi connectivity index (χ2n) is 2.00. The zero-order chi connectivity index (χ0) is 7.40. The van der Waals surface area contributed by atoms with E-state index in [-0.39, 0.29) is 6.10 Å². The van der Waals surface area contributed by atoms with Crippen LogP contribution in [-0.2, 0) is 4.84 Å². The van der Waals surface area contributed by atoms with Crippen LogP contribution in [0.2, 0.25) is 0 Å². The summed E-state index contributed by atoms with van der Waals surface area (Å²) >= 11 is 0. The maximum absolute atomic E-state index is 8.25. The molecule has 0 aliphatic rings. The minimum Gasteiger partial charge on any atom is -0.258 e. The second-order valence-corrected chi connectivity index (χ2v) is 2.00. The highest BCUT2D eigenvalue weighted by Crippen LogP contribution is 2.09. The lowest BCUT2D eigenvalue weighted by molar-refractivity contribution is 0.0464. The van der Waals surface area contributed by atoms with Crippen molar-refractivity contribution in [1.82, 2.24) is 10.9 Å². The van der Waals surface area contributed by atoms with E-state index in [2.05, 4.69) is 9.82 Å². The fourth-order valence-electron chi connectivity index (χ4n) is 0.670. The number of pyridine rings is 1. The summed E-state index contributed by atoms with van der Waals surface area (Å²) < 4.78 is 0. The van der Waals surface area contributed by atoms with Gasteiger partial charge in [-0.1, -0.05) is 6.07 Å². The molecule has 0 aliphatic heterocycles. The van der Waals surface area contributed by atoms with Crippen LogP contribution in [0, 0.1) is 0 Å². The maximum atomic E-state index is 8.25.